The van der Waals surface area contributed by atoms with Gasteiger partial charge in [0.1, 0.15) is 0 Å². The number of hydrogen-bond donors (Lipinski definition) is 0. The first kappa shape index (κ1) is 26.7. The number of carbonyl (C=O) groups is 2. The lowest BCUT2D eigenvalue weighted by molar-refractivity contribution is -0.161. The summed E-state index contributed by atoms with van der Waals surface area (Å²) in [6.07, 6.45) is 22.0. The highest BCUT2D eigenvalue weighted by Crippen LogP contribution is 2.28. The average Bonchev–Trinajstić information content (AvgIpc) is 2.77. The maximum Gasteiger partial charge on any atom is 0.310 e. The molecule has 174 valence electrons. The predicted octanol–water partition coefficient (Wildman–Crippen LogP) is 7.16. The summed E-state index contributed by atoms with van der Waals surface area (Å²) in [6.45, 7) is 5.33. The summed E-state index contributed by atoms with van der Waals surface area (Å²) in [5.74, 6) is -1.25. The standard InChI is InChI=1S/C26H46O4/c1-3-5-7-9-10-11-12-13-14-18-22-30-26(28)24-20-16-15-19-23(24)25(27)29-21-17-8-6-4-2/h15-16,23-24H,3-14,17-22H2,1-2H3. The summed E-state index contributed by atoms with van der Waals surface area (Å²) in [5.41, 5.74) is 0. The lowest BCUT2D eigenvalue weighted by atomic mass is 9.83. The molecular formula is C26H46O4. The van der Waals surface area contributed by atoms with Crippen LogP contribution in [0.5, 0.6) is 0 Å². The van der Waals surface area contributed by atoms with Gasteiger partial charge < -0.3 is 9.47 Å². The van der Waals surface area contributed by atoms with Crippen LogP contribution in [0.15, 0.2) is 12.2 Å². The van der Waals surface area contributed by atoms with Crippen LogP contribution in [0.3, 0.4) is 0 Å². The Kier molecular flexibility index (Phi) is 16.4. The molecule has 4 heteroatoms. The van der Waals surface area contributed by atoms with Gasteiger partial charge in [0.2, 0.25) is 0 Å². The molecule has 1 aliphatic rings. The van der Waals surface area contributed by atoms with E-state index in [2.05, 4.69) is 13.8 Å². The molecule has 2 atom stereocenters. The van der Waals surface area contributed by atoms with Gasteiger partial charge in [-0.25, -0.2) is 0 Å². The molecule has 30 heavy (non-hydrogen) atoms. The molecular weight excluding hydrogens is 376 g/mol. The lowest BCUT2D eigenvalue weighted by Gasteiger charge is -2.25. The Morgan fingerprint density at radius 1 is 0.600 bits per heavy atom. The minimum Gasteiger partial charge on any atom is -0.465 e. The van der Waals surface area contributed by atoms with Crippen LogP contribution < -0.4 is 0 Å². The zero-order chi connectivity index (χ0) is 21.9. The first-order valence-electron chi connectivity index (χ1n) is 12.7. The summed E-state index contributed by atoms with van der Waals surface area (Å²) in [5, 5.41) is 0. The molecule has 0 N–H and O–H groups in total. The monoisotopic (exact) mass is 422 g/mol. The molecule has 0 radical (unpaired) electrons. The Hall–Kier alpha value is -1.32. The van der Waals surface area contributed by atoms with E-state index in [4.69, 9.17) is 9.47 Å². The van der Waals surface area contributed by atoms with Crippen molar-refractivity contribution in [1.82, 2.24) is 0 Å². The summed E-state index contributed by atoms with van der Waals surface area (Å²) in [4.78, 5) is 25.0. The van der Waals surface area contributed by atoms with Crippen LogP contribution in [0.25, 0.3) is 0 Å². The first-order chi connectivity index (χ1) is 14.7. The van der Waals surface area contributed by atoms with Crippen molar-refractivity contribution in [2.75, 3.05) is 13.2 Å². The third kappa shape index (κ3) is 12.4. The van der Waals surface area contributed by atoms with E-state index in [9.17, 15) is 9.59 Å². The summed E-state index contributed by atoms with van der Waals surface area (Å²) < 4.78 is 11.0. The molecule has 1 aliphatic carbocycles. The topological polar surface area (TPSA) is 52.6 Å². The molecule has 0 aromatic heterocycles. The van der Waals surface area contributed by atoms with Crippen LogP contribution in [0, 0.1) is 11.8 Å². The predicted molar refractivity (Wildman–Crippen MR) is 123 cm³/mol. The number of hydrogen-bond acceptors (Lipinski definition) is 4. The maximum absolute atomic E-state index is 12.5. The van der Waals surface area contributed by atoms with Crippen molar-refractivity contribution in [2.45, 2.75) is 117 Å². The molecule has 2 unspecified atom stereocenters. The Morgan fingerprint density at radius 2 is 0.933 bits per heavy atom. The van der Waals surface area contributed by atoms with Crippen LogP contribution in [0.2, 0.25) is 0 Å². The van der Waals surface area contributed by atoms with Crippen molar-refractivity contribution in [3.05, 3.63) is 12.2 Å². The number of allylic oxidation sites excluding steroid dienone is 2. The van der Waals surface area contributed by atoms with Gasteiger partial charge in [0.25, 0.3) is 0 Å². The molecule has 0 spiro atoms. The zero-order valence-electron chi connectivity index (χ0n) is 19.7. The Labute approximate surface area is 185 Å². The molecule has 0 bridgehead atoms. The molecule has 0 heterocycles. The van der Waals surface area contributed by atoms with Crippen molar-refractivity contribution in [3.63, 3.8) is 0 Å². The summed E-state index contributed by atoms with van der Waals surface area (Å²) in [6, 6.07) is 0. The third-order valence-corrected chi connectivity index (χ3v) is 6.02. The van der Waals surface area contributed by atoms with E-state index in [0.29, 0.717) is 26.1 Å². The Balaban J connectivity index is 2.15. The van der Waals surface area contributed by atoms with Crippen molar-refractivity contribution in [3.8, 4) is 0 Å². The van der Waals surface area contributed by atoms with Crippen LogP contribution in [-0.4, -0.2) is 25.2 Å². The Bertz CT molecular complexity index is 472. The fraction of sp³-hybridized carbons (Fsp3) is 0.846. The highest BCUT2D eigenvalue weighted by Gasteiger charge is 2.36. The van der Waals surface area contributed by atoms with E-state index in [1.807, 2.05) is 12.2 Å². The van der Waals surface area contributed by atoms with Gasteiger partial charge in [-0.1, -0.05) is 103 Å². The van der Waals surface area contributed by atoms with Crippen LogP contribution >= 0.6 is 0 Å². The number of esters is 2. The van der Waals surface area contributed by atoms with Crippen LogP contribution in [-0.2, 0) is 19.1 Å². The fourth-order valence-corrected chi connectivity index (χ4v) is 4.01. The Morgan fingerprint density at radius 3 is 1.33 bits per heavy atom. The molecule has 0 saturated carbocycles. The second-order valence-electron chi connectivity index (χ2n) is 8.73. The van der Waals surface area contributed by atoms with Gasteiger partial charge in [-0.3, -0.25) is 9.59 Å². The summed E-state index contributed by atoms with van der Waals surface area (Å²) in [7, 11) is 0. The SMILES string of the molecule is CCCCCCCCCCCCOC(=O)C1CC=CCC1C(=O)OCCCCCC. The van der Waals surface area contributed by atoms with Crippen LogP contribution in [0.4, 0.5) is 0 Å². The zero-order valence-corrected chi connectivity index (χ0v) is 19.7. The van der Waals surface area contributed by atoms with Gasteiger partial charge in [0, 0.05) is 0 Å². The fourth-order valence-electron chi connectivity index (χ4n) is 4.01. The minimum absolute atomic E-state index is 0.233. The smallest absolute Gasteiger partial charge is 0.310 e. The molecule has 0 amide bonds. The van der Waals surface area contributed by atoms with Crippen LogP contribution in [0.1, 0.15) is 117 Å². The highest BCUT2D eigenvalue weighted by molar-refractivity contribution is 5.82. The molecule has 0 fully saturated rings. The molecule has 0 saturated heterocycles. The average molecular weight is 423 g/mol. The second kappa shape index (κ2) is 18.4. The van der Waals surface area contributed by atoms with E-state index < -0.39 is 0 Å². The van der Waals surface area contributed by atoms with Gasteiger partial charge in [-0.15, -0.1) is 0 Å². The molecule has 4 nitrogen and oxygen atoms in total. The first-order valence-corrected chi connectivity index (χ1v) is 12.7. The summed E-state index contributed by atoms with van der Waals surface area (Å²) >= 11 is 0. The lowest BCUT2D eigenvalue weighted by Crippen LogP contribution is -2.34. The number of rotatable bonds is 18. The largest absolute Gasteiger partial charge is 0.465 e. The third-order valence-electron chi connectivity index (χ3n) is 6.02. The van der Waals surface area contributed by atoms with E-state index in [0.717, 1.165) is 38.5 Å². The van der Waals surface area contributed by atoms with Crippen molar-refractivity contribution >= 4 is 11.9 Å². The normalized spacial score (nSPS) is 18.3. The van der Waals surface area contributed by atoms with E-state index in [-0.39, 0.29) is 23.8 Å². The number of unbranched alkanes of at least 4 members (excludes halogenated alkanes) is 12. The van der Waals surface area contributed by atoms with E-state index in [1.165, 1.54) is 51.4 Å². The molecule has 1 rings (SSSR count). The quantitative estimate of drug-likeness (QED) is 0.134. The van der Waals surface area contributed by atoms with Gasteiger partial charge >= 0.3 is 11.9 Å². The van der Waals surface area contributed by atoms with Crippen molar-refractivity contribution in [1.29, 1.82) is 0 Å². The van der Waals surface area contributed by atoms with Gasteiger partial charge in [0.15, 0.2) is 0 Å². The number of carbonyl (C=O) groups excluding carboxylic acids is 2. The highest BCUT2D eigenvalue weighted by atomic mass is 16.5. The number of ether oxygens (including phenoxy) is 2. The maximum atomic E-state index is 12.5. The van der Waals surface area contributed by atoms with Gasteiger partial charge in [0.05, 0.1) is 25.0 Å². The minimum atomic E-state index is -0.388. The molecule has 0 aliphatic heterocycles. The van der Waals surface area contributed by atoms with E-state index >= 15 is 0 Å². The van der Waals surface area contributed by atoms with Crippen molar-refractivity contribution in [2.24, 2.45) is 11.8 Å². The molecule has 0 aromatic carbocycles. The van der Waals surface area contributed by atoms with E-state index in [1.54, 1.807) is 0 Å². The van der Waals surface area contributed by atoms with Gasteiger partial charge in [-0.2, -0.15) is 0 Å². The molecule has 0 aromatic rings. The van der Waals surface area contributed by atoms with Crippen molar-refractivity contribution < 1.29 is 19.1 Å². The second-order valence-corrected chi connectivity index (χ2v) is 8.73. The van der Waals surface area contributed by atoms with Gasteiger partial charge in [-0.05, 0) is 25.7 Å².